The van der Waals surface area contributed by atoms with Crippen molar-refractivity contribution in [1.29, 1.82) is 0 Å². The molecule has 0 spiro atoms. The molecule has 0 radical (unpaired) electrons. The lowest BCUT2D eigenvalue weighted by molar-refractivity contribution is -0.134. The smallest absolute Gasteiger partial charge is 0.227 e. The fourth-order valence-electron chi connectivity index (χ4n) is 3.28. The Labute approximate surface area is 135 Å². The quantitative estimate of drug-likeness (QED) is 0.805. The van der Waals surface area contributed by atoms with Crippen molar-refractivity contribution in [3.8, 4) is 0 Å². The molecule has 1 fully saturated rings. The lowest BCUT2D eigenvalue weighted by Gasteiger charge is -2.38. The van der Waals surface area contributed by atoms with E-state index in [0.29, 0.717) is 18.4 Å². The van der Waals surface area contributed by atoms with E-state index in [1.165, 1.54) is 12.0 Å². The van der Waals surface area contributed by atoms with Crippen molar-refractivity contribution < 1.29 is 4.79 Å². The fraction of sp³-hybridized carbons (Fsp3) is 0.632. The van der Waals surface area contributed by atoms with Gasteiger partial charge in [-0.1, -0.05) is 43.7 Å². The molecule has 122 valence electrons. The number of amides is 1. The molecule has 1 amide bonds. The zero-order chi connectivity index (χ0) is 15.9. The molecule has 1 aliphatic rings. The van der Waals surface area contributed by atoms with Crippen molar-refractivity contribution >= 4 is 5.91 Å². The molecule has 0 N–H and O–H groups in total. The van der Waals surface area contributed by atoms with E-state index in [4.69, 9.17) is 0 Å². The maximum atomic E-state index is 12.7. The minimum Gasteiger partial charge on any atom is -0.338 e. The first-order chi connectivity index (χ1) is 10.6. The van der Waals surface area contributed by atoms with Gasteiger partial charge < -0.3 is 9.80 Å². The predicted molar refractivity (Wildman–Crippen MR) is 92.0 cm³/mol. The Balaban J connectivity index is 1.99. The largest absolute Gasteiger partial charge is 0.338 e. The van der Waals surface area contributed by atoms with E-state index in [1.807, 2.05) is 0 Å². The number of carbonyl (C=O) groups excluding carboxylic acids is 1. The SMILES string of the molecule is CCN(CC)CC1CCCCN1C(=O)Cc1ccc(C)cc1. The van der Waals surface area contributed by atoms with Crippen LogP contribution in [0, 0.1) is 6.92 Å². The number of hydrogen-bond donors (Lipinski definition) is 0. The summed E-state index contributed by atoms with van der Waals surface area (Å²) in [4.78, 5) is 17.3. The number of piperidine rings is 1. The predicted octanol–water partition coefficient (Wildman–Crippen LogP) is 3.26. The molecule has 1 saturated heterocycles. The molecule has 1 aromatic carbocycles. The van der Waals surface area contributed by atoms with Crippen LogP contribution in [0.25, 0.3) is 0 Å². The fourth-order valence-corrected chi connectivity index (χ4v) is 3.28. The Morgan fingerprint density at radius 3 is 2.50 bits per heavy atom. The Kier molecular flexibility index (Phi) is 6.44. The first kappa shape index (κ1) is 17.0. The number of nitrogens with zero attached hydrogens (tertiary/aromatic N) is 2. The van der Waals surface area contributed by atoms with Crippen molar-refractivity contribution in [2.75, 3.05) is 26.2 Å². The third-order valence-corrected chi connectivity index (χ3v) is 4.79. The van der Waals surface area contributed by atoms with E-state index in [1.54, 1.807) is 0 Å². The first-order valence-electron chi connectivity index (χ1n) is 8.71. The monoisotopic (exact) mass is 302 g/mol. The van der Waals surface area contributed by atoms with Crippen molar-refractivity contribution in [1.82, 2.24) is 9.80 Å². The molecule has 1 aromatic rings. The van der Waals surface area contributed by atoms with Crippen molar-refractivity contribution in [3.05, 3.63) is 35.4 Å². The molecule has 22 heavy (non-hydrogen) atoms. The Morgan fingerprint density at radius 2 is 1.86 bits per heavy atom. The van der Waals surface area contributed by atoms with Crippen molar-refractivity contribution in [2.24, 2.45) is 0 Å². The van der Waals surface area contributed by atoms with Crippen LogP contribution in [0.15, 0.2) is 24.3 Å². The number of likely N-dealkylation sites (N-methyl/N-ethyl adjacent to an activating group) is 1. The number of rotatable bonds is 6. The third kappa shape index (κ3) is 4.57. The molecule has 1 unspecified atom stereocenters. The van der Waals surface area contributed by atoms with Crippen LogP contribution in [0.4, 0.5) is 0 Å². The van der Waals surface area contributed by atoms with Gasteiger partial charge in [0.05, 0.1) is 6.42 Å². The molecule has 0 aromatic heterocycles. The van der Waals surface area contributed by atoms with Crippen LogP contribution in [0.5, 0.6) is 0 Å². The second kappa shape index (κ2) is 8.33. The summed E-state index contributed by atoms with van der Waals surface area (Å²) in [7, 11) is 0. The summed E-state index contributed by atoms with van der Waals surface area (Å²) in [5.74, 6) is 0.292. The molecular formula is C19H30N2O. The zero-order valence-electron chi connectivity index (χ0n) is 14.3. The zero-order valence-corrected chi connectivity index (χ0v) is 14.3. The van der Waals surface area contributed by atoms with E-state index in [9.17, 15) is 4.79 Å². The molecule has 1 atom stereocenters. The van der Waals surface area contributed by atoms with Crippen LogP contribution in [0.1, 0.15) is 44.2 Å². The van der Waals surface area contributed by atoms with Crippen LogP contribution in [-0.4, -0.2) is 47.9 Å². The van der Waals surface area contributed by atoms with E-state index in [0.717, 1.165) is 44.6 Å². The summed E-state index contributed by atoms with van der Waals surface area (Å²) >= 11 is 0. The maximum absolute atomic E-state index is 12.7. The van der Waals surface area contributed by atoms with Gasteiger partial charge >= 0.3 is 0 Å². The molecule has 0 saturated carbocycles. The molecule has 3 nitrogen and oxygen atoms in total. The summed E-state index contributed by atoms with van der Waals surface area (Å²) in [6, 6.07) is 8.73. The summed E-state index contributed by atoms with van der Waals surface area (Å²) in [5, 5.41) is 0. The van der Waals surface area contributed by atoms with Crippen molar-refractivity contribution in [3.63, 3.8) is 0 Å². The minimum atomic E-state index is 0.292. The van der Waals surface area contributed by atoms with Crippen LogP contribution in [-0.2, 0) is 11.2 Å². The van der Waals surface area contributed by atoms with Crippen LogP contribution in [0.3, 0.4) is 0 Å². The maximum Gasteiger partial charge on any atom is 0.227 e. The average molecular weight is 302 g/mol. The van der Waals surface area contributed by atoms with Crippen LogP contribution in [0.2, 0.25) is 0 Å². The van der Waals surface area contributed by atoms with Gasteiger partial charge in [-0.15, -0.1) is 0 Å². The lowest BCUT2D eigenvalue weighted by atomic mass is 10.00. The summed E-state index contributed by atoms with van der Waals surface area (Å²) in [6.07, 6.45) is 4.08. The van der Waals surface area contributed by atoms with Gasteiger partial charge in [0.1, 0.15) is 0 Å². The molecule has 2 rings (SSSR count). The Bertz CT molecular complexity index is 465. The lowest BCUT2D eigenvalue weighted by Crippen LogP contribution is -2.50. The second-order valence-electron chi connectivity index (χ2n) is 6.38. The van der Waals surface area contributed by atoms with Crippen LogP contribution < -0.4 is 0 Å². The number of carbonyl (C=O) groups is 1. The minimum absolute atomic E-state index is 0.292. The van der Waals surface area contributed by atoms with E-state index < -0.39 is 0 Å². The Hall–Kier alpha value is -1.35. The van der Waals surface area contributed by atoms with Gasteiger partial charge in [0.25, 0.3) is 0 Å². The first-order valence-corrected chi connectivity index (χ1v) is 8.71. The summed E-state index contributed by atoms with van der Waals surface area (Å²) in [6.45, 7) is 10.6. The van der Waals surface area contributed by atoms with Gasteiger partial charge in [-0.2, -0.15) is 0 Å². The van der Waals surface area contributed by atoms with Gasteiger partial charge in [-0.3, -0.25) is 4.79 Å². The van der Waals surface area contributed by atoms with Gasteiger partial charge in [0, 0.05) is 19.1 Å². The molecule has 0 aliphatic carbocycles. The molecule has 3 heteroatoms. The van der Waals surface area contributed by atoms with E-state index in [-0.39, 0.29) is 0 Å². The topological polar surface area (TPSA) is 23.6 Å². The van der Waals surface area contributed by atoms with Crippen LogP contribution >= 0.6 is 0 Å². The number of likely N-dealkylation sites (tertiary alicyclic amines) is 1. The van der Waals surface area contributed by atoms with Gasteiger partial charge in [0.15, 0.2) is 0 Å². The number of benzene rings is 1. The summed E-state index contributed by atoms with van der Waals surface area (Å²) in [5.41, 5.74) is 2.37. The molecular weight excluding hydrogens is 272 g/mol. The van der Waals surface area contributed by atoms with Gasteiger partial charge in [-0.05, 0) is 44.8 Å². The molecule has 1 aliphatic heterocycles. The van der Waals surface area contributed by atoms with E-state index >= 15 is 0 Å². The number of aryl methyl sites for hydroxylation is 1. The van der Waals surface area contributed by atoms with Crippen molar-refractivity contribution in [2.45, 2.75) is 52.5 Å². The number of hydrogen-bond acceptors (Lipinski definition) is 2. The summed E-state index contributed by atoms with van der Waals surface area (Å²) < 4.78 is 0. The van der Waals surface area contributed by atoms with E-state index in [2.05, 4.69) is 54.8 Å². The highest BCUT2D eigenvalue weighted by atomic mass is 16.2. The third-order valence-electron chi connectivity index (χ3n) is 4.79. The van der Waals surface area contributed by atoms with Gasteiger partial charge in [-0.25, -0.2) is 0 Å². The normalized spacial score (nSPS) is 18.7. The molecule has 0 bridgehead atoms. The highest BCUT2D eigenvalue weighted by molar-refractivity contribution is 5.79. The molecule has 1 heterocycles. The Morgan fingerprint density at radius 1 is 1.18 bits per heavy atom. The highest BCUT2D eigenvalue weighted by Crippen LogP contribution is 2.19. The van der Waals surface area contributed by atoms with Gasteiger partial charge in [0.2, 0.25) is 5.91 Å². The standard InChI is InChI=1S/C19H30N2O/c1-4-20(5-2)15-18-8-6-7-13-21(18)19(22)14-17-11-9-16(3)10-12-17/h9-12,18H,4-8,13-15H2,1-3H3. The average Bonchev–Trinajstić information content (AvgIpc) is 2.55. The highest BCUT2D eigenvalue weighted by Gasteiger charge is 2.27. The second-order valence-corrected chi connectivity index (χ2v) is 6.38.